The summed E-state index contributed by atoms with van der Waals surface area (Å²) in [4.78, 5) is 19.1. The van der Waals surface area contributed by atoms with Gasteiger partial charge in [0.25, 0.3) is 0 Å². The van der Waals surface area contributed by atoms with E-state index in [1.165, 1.54) is 25.3 Å². The van der Waals surface area contributed by atoms with Crippen LogP contribution in [0.5, 0.6) is 17.2 Å². The summed E-state index contributed by atoms with van der Waals surface area (Å²) in [7, 11) is 1.49. The number of piperidine rings is 1. The molecule has 49 heavy (non-hydrogen) atoms. The van der Waals surface area contributed by atoms with Crippen molar-refractivity contribution < 1.29 is 36.9 Å². The minimum absolute atomic E-state index is 0.157. The number of nitrogens with zero attached hydrogens (tertiary/aromatic N) is 3. The smallest absolute Gasteiger partial charge is 0.407 e. The van der Waals surface area contributed by atoms with E-state index in [0.717, 1.165) is 11.6 Å². The molecule has 1 amide bonds. The van der Waals surface area contributed by atoms with Crippen LogP contribution in [0, 0.1) is 17.1 Å². The molecule has 1 aliphatic rings. The maximum atomic E-state index is 15.0. The predicted octanol–water partition coefficient (Wildman–Crippen LogP) is 8.11. The molecule has 12 heteroatoms. The number of alkyl carbamates (subject to hydrolysis) is 1. The molecule has 1 aliphatic heterocycles. The summed E-state index contributed by atoms with van der Waals surface area (Å²) < 4.78 is 65.2. The summed E-state index contributed by atoms with van der Waals surface area (Å²) >= 11 is 0. The Kier molecular flexibility index (Phi) is 10.8. The maximum Gasteiger partial charge on any atom is 0.407 e. The maximum absolute atomic E-state index is 15.0. The number of nitrogens with one attached hydrogen (secondary N) is 1. The summed E-state index contributed by atoms with van der Waals surface area (Å²) in [6.45, 7) is 3.24. The number of methoxy groups -OCH3 is 1. The number of amides is 1. The molecule has 0 aliphatic carbocycles. The molecular weight excluding hydrogens is 637 g/mol. The van der Waals surface area contributed by atoms with Gasteiger partial charge in [0, 0.05) is 30.8 Å². The van der Waals surface area contributed by atoms with E-state index in [2.05, 4.69) is 5.32 Å². The number of hydrogen-bond acceptors (Lipinski definition) is 8. The van der Waals surface area contributed by atoms with Crippen molar-refractivity contribution in [2.75, 3.05) is 25.1 Å². The zero-order chi connectivity index (χ0) is 35.1. The Morgan fingerprint density at radius 3 is 2.35 bits per heavy atom. The first kappa shape index (κ1) is 34.9. The molecule has 3 aromatic carbocycles. The highest BCUT2D eigenvalue weighted by atomic mass is 19.3. The van der Waals surface area contributed by atoms with E-state index in [4.69, 9.17) is 23.9 Å². The average molecular weight is 675 g/mol. The number of aromatic nitrogens is 1. The molecule has 9 nitrogen and oxygen atoms in total. The lowest BCUT2D eigenvalue weighted by Gasteiger charge is -2.34. The number of anilines is 1. The molecule has 1 aromatic heterocycles. The first-order valence-electron chi connectivity index (χ1n) is 15.7. The van der Waals surface area contributed by atoms with Gasteiger partial charge in [-0.2, -0.15) is 14.0 Å². The summed E-state index contributed by atoms with van der Waals surface area (Å²) in [5.74, 6) is 0.101. The van der Waals surface area contributed by atoms with Crippen LogP contribution in [0.15, 0.2) is 72.8 Å². The van der Waals surface area contributed by atoms with Gasteiger partial charge in [-0.25, -0.2) is 14.2 Å². The first-order valence-corrected chi connectivity index (χ1v) is 15.7. The fourth-order valence-electron chi connectivity index (χ4n) is 5.51. The van der Waals surface area contributed by atoms with Crippen LogP contribution in [0.4, 0.5) is 23.8 Å². The zero-order valence-corrected chi connectivity index (χ0v) is 27.6. The van der Waals surface area contributed by atoms with Gasteiger partial charge in [0.1, 0.15) is 35.7 Å². The van der Waals surface area contributed by atoms with Crippen molar-refractivity contribution in [3.8, 4) is 45.7 Å². The summed E-state index contributed by atoms with van der Waals surface area (Å²) in [6.07, 6.45) is 0.558. The number of nitriles is 1. The molecule has 4 aromatic rings. The summed E-state index contributed by atoms with van der Waals surface area (Å²) in [5, 5.41) is 12.2. The molecule has 5 rings (SSSR count). The molecule has 0 spiro atoms. The third-order valence-corrected chi connectivity index (χ3v) is 7.78. The standard InChI is InChI=1S/C37H37F3N4O5/c1-37(2,3)49-36(45)42-27-14-16-44(17-15-27)32-20-31(48-35(39)40)33(34(43-32)25-10-11-26(21-41)28(38)18-25)24-12-13-29(46-4)30(19-24)47-22-23-8-6-5-7-9-23/h5-13,18-20,27,35H,14-17,22H2,1-4H3,(H,42,45). The second kappa shape index (κ2) is 15.2. The lowest BCUT2D eigenvalue weighted by Crippen LogP contribution is -2.46. The Morgan fingerprint density at radius 1 is 1.00 bits per heavy atom. The number of rotatable bonds is 10. The minimum atomic E-state index is -3.18. The lowest BCUT2D eigenvalue weighted by atomic mass is 9.96. The quantitative estimate of drug-likeness (QED) is 0.180. The van der Waals surface area contributed by atoms with Gasteiger partial charge in [0.2, 0.25) is 0 Å². The van der Waals surface area contributed by atoms with Crippen molar-refractivity contribution >= 4 is 11.9 Å². The Labute approximate surface area is 283 Å². The van der Waals surface area contributed by atoms with E-state index in [-0.39, 0.29) is 40.8 Å². The fraction of sp³-hybridized carbons (Fsp3) is 0.324. The third kappa shape index (κ3) is 8.93. The van der Waals surface area contributed by atoms with Crippen LogP contribution in [0.25, 0.3) is 22.4 Å². The Balaban J connectivity index is 1.56. The predicted molar refractivity (Wildman–Crippen MR) is 178 cm³/mol. The molecule has 0 saturated carbocycles. The Morgan fingerprint density at radius 2 is 1.71 bits per heavy atom. The topological polar surface area (TPSA) is 106 Å². The summed E-state index contributed by atoms with van der Waals surface area (Å²) in [5.41, 5.74) is 1.06. The van der Waals surface area contributed by atoms with E-state index in [1.54, 1.807) is 45.0 Å². The van der Waals surface area contributed by atoms with Crippen molar-refractivity contribution in [2.24, 2.45) is 0 Å². The van der Waals surface area contributed by atoms with Gasteiger partial charge in [-0.3, -0.25) is 0 Å². The highest BCUT2D eigenvalue weighted by Crippen LogP contribution is 2.44. The molecule has 0 atom stereocenters. The van der Waals surface area contributed by atoms with Gasteiger partial charge in [-0.15, -0.1) is 0 Å². The van der Waals surface area contributed by atoms with Gasteiger partial charge in [-0.1, -0.05) is 42.5 Å². The van der Waals surface area contributed by atoms with Crippen molar-refractivity contribution in [3.05, 3.63) is 89.7 Å². The average Bonchev–Trinajstić information content (AvgIpc) is 3.06. The molecule has 0 unspecified atom stereocenters. The molecule has 1 saturated heterocycles. The van der Waals surface area contributed by atoms with Crippen LogP contribution in [0.2, 0.25) is 0 Å². The van der Waals surface area contributed by atoms with Gasteiger partial charge >= 0.3 is 12.7 Å². The highest BCUT2D eigenvalue weighted by Gasteiger charge is 2.28. The molecule has 1 fully saturated rings. The van der Waals surface area contributed by atoms with Gasteiger partial charge in [0.15, 0.2) is 11.5 Å². The number of benzene rings is 3. The van der Waals surface area contributed by atoms with Gasteiger partial charge < -0.3 is 29.2 Å². The Bertz CT molecular complexity index is 1820. The number of alkyl halides is 2. The fourth-order valence-corrected chi connectivity index (χ4v) is 5.51. The van der Waals surface area contributed by atoms with E-state index in [9.17, 15) is 18.8 Å². The van der Waals surface area contributed by atoms with Crippen molar-refractivity contribution in [1.29, 1.82) is 5.26 Å². The normalized spacial score (nSPS) is 13.5. The van der Waals surface area contributed by atoms with E-state index in [0.29, 0.717) is 48.8 Å². The molecule has 1 N–H and O–H groups in total. The molecular formula is C37H37F3N4O5. The Hall–Kier alpha value is -5.44. The number of ether oxygens (including phenoxy) is 4. The number of hydrogen-bond donors (Lipinski definition) is 1. The van der Waals surface area contributed by atoms with Crippen LogP contribution in [-0.4, -0.2) is 49.5 Å². The van der Waals surface area contributed by atoms with E-state index < -0.39 is 24.1 Å². The highest BCUT2D eigenvalue weighted by molar-refractivity contribution is 5.88. The van der Waals surface area contributed by atoms with Crippen molar-refractivity contribution in [2.45, 2.75) is 58.5 Å². The molecule has 2 heterocycles. The summed E-state index contributed by atoms with van der Waals surface area (Å²) in [6, 6.07) is 21.4. The number of halogens is 3. The molecule has 0 bridgehead atoms. The van der Waals surface area contributed by atoms with Crippen LogP contribution < -0.4 is 24.4 Å². The van der Waals surface area contributed by atoms with E-state index >= 15 is 4.39 Å². The molecule has 0 radical (unpaired) electrons. The SMILES string of the molecule is COc1ccc(-c2c(OC(F)F)cc(N3CCC(NC(=O)OC(C)(C)C)CC3)nc2-c2ccc(C#N)c(F)c2)cc1OCc1ccccc1. The minimum Gasteiger partial charge on any atom is -0.493 e. The second-order valence-corrected chi connectivity index (χ2v) is 12.4. The molecule has 256 valence electrons. The first-order chi connectivity index (χ1) is 23.4. The van der Waals surface area contributed by atoms with Crippen LogP contribution >= 0.6 is 0 Å². The number of carbonyl (C=O) groups excluding carboxylic acids is 1. The van der Waals surface area contributed by atoms with Gasteiger partial charge in [-0.05, 0) is 69.0 Å². The monoisotopic (exact) mass is 674 g/mol. The second-order valence-electron chi connectivity index (χ2n) is 12.4. The number of carbonyl (C=O) groups is 1. The van der Waals surface area contributed by atoms with Gasteiger partial charge in [0.05, 0.1) is 23.9 Å². The number of pyridine rings is 1. The van der Waals surface area contributed by atoms with E-state index in [1.807, 2.05) is 35.2 Å². The van der Waals surface area contributed by atoms with Crippen molar-refractivity contribution in [1.82, 2.24) is 10.3 Å². The zero-order valence-electron chi connectivity index (χ0n) is 27.6. The van der Waals surface area contributed by atoms with Crippen molar-refractivity contribution in [3.63, 3.8) is 0 Å². The van der Waals surface area contributed by atoms with Crippen LogP contribution in [0.1, 0.15) is 44.7 Å². The van der Waals surface area contributed by atoms with Crippen LogP contribution in [-0.2, 0) is 11.3 Å². The largest absolute Gasteiger partial charge is 0.493 e. The third-order valence-electron chi connectivity index (χ3n) is 7.78. The lowest BCUT2D eigenvalue weighted by molar-refractivity contribution is -0.0494. The van der Waals surface area contributed by atoms with Crippen LogP contribution in [0.3, 0.4) is 0 Å².